The van der Waals surface area contributed by atoms with Crippen molar-refractivity contribution < 1.29 is 36.7 Å². The summed E-state index contributed by atoms with van der Waals surface area (Å²) >= 11 is 1.47. The standard InChI is InChI=1S/C21H22F4N6O4S2/c1-36-19(33)27-9-12-10-31(20(34)35-12)11-2-3-14(13(22)8-11)29-4-6-30(7-5-29)17(32)15-16(21(23,24)25)28-18(26)37-15/h2-3,8,12H,4-7,9-10H2,1H3,(H2,26,28)(H,27,33). The zero-order chi connectivity index (χ0) is 26.9. The third-order valence-electron chi connectivity index (χ3n) is 5.79. The fourth-order valence-corrected chi connectivity index (χ4v) is 5.04. The number of halogens is 4. The molecule has 3 N–H and O–H groups in total. The SMILES string of the molecule is CSC(=O)NCC1CN(c2ccc(N3CCN(C(=O)c4sc(N)nc4C(F)(F)F)CC3)c(F)c2)C(=O)O1. The normalized spacial score (nSPS) is 18.2. The Morgan fingerprint density at radius 3 is 2.59 bits per heavy atom. The number of rotatable bonds is 5. The number of benzene rings is 1. The molecule has 16 heteroatoms. The van der Waals surface area contributed by atoms with Gasteiger partial charge in [0, 0.05) is 26.2 Å². The number of amides is 3. The molecule has 2 aliphatic rings. The van der Waals surface area contributed by atoms with E-state index in [9.17, 15) is 27.6 Å². The Balaban J connectivity index is 1.38. The van der Waals surface area contributed by atoms with Crippen LogP contribution in [0, 0.1) is 5.82 Å². The number of thiazole rings is 1. The van der Waals surface area contributed by atoms with Gasteiger partial charge in [0.15, 0.2) is 10.8 Å². The Labute approximate surface area is 216 Å². The van der Waals surface area contributed by atoms with Gasteiger partial charge >= 0.3 is 12.3 Å². The lowest BCUT2D eigenvalue weighted by Crippen LogP contribution is -2.49. The maximum Gasteiger partial charge on any atom is 0.435 e. The lowest BCUT2D eigenvalue weighted by atomic mass is 10.2. The van der Waals surface area contributed by atoms with E-state index in [1.165, 1.54) is 21.9 Å². The number of anilines is 3. The van der Waals surface area contributed by atoms with Gasteiger partial charge in [0.2, 0.25) is 0 Å². The number of nitrogens with two attached hydrogens (primary N) is 1. The van der Waals surface area contributed by atoms with Crippen LogP contribution in [0.5, 0.6) is 0 Å². The third-order valence-corrected chi connectivity index (χ3v) is 7.18. The molecule has 1 atom stereocenters. The van der Waals surface area contributed by atoms with Crippen LogP contribution in [-0.2, 0) is 10.9 Å². The van der Waals surface area contributed by atoms with E-state index in [0.29, 0.717) is 11.3 Å². The second kappa shape index (κ2) is 10.6. The minimum atomic E-state index is -4.81. The Hall–Kier alpha value is -3.27. The highest BCUT2D eigenvalue weighted by atomic mass is 32.2. The molecule has 3 heterocycles. The molecule has 0 bridgehead atoms. The number of hydrogen-bond donors (Lipinski definition) is 2. The molecular weight excluding hydrogens is 540 g/mol. The molecule has 200 valence electrons. The summed E-state index contributed by atoms with van der Waals surface area (Å²) in [6, 6.07) is 4.23. The zero-order valence-electron chi connectivity index (χ0n) is 19.4. The third kappa shape index (κ3) is 5.84. The van der Waals surface area contributed by atoms with Crippen molar-refractivity contribution in [1.82, 2.24) is 15.2 Å². The van der Waals surface area contributed by atoms with Crippen molar-refractivity contribution in [2.45, 2.75) is 12.3 Å². The molecule has 0 saturated carbocycles. The molecule has 0 radical (unpaired) electrons. The first kappa shape index (κ1) is 26.8. The van der Waals surface area contributed by atoms with Crippen LogP contribution in [-0.4, -0.2) is 78.8 Å². The molecule has 1 unspecified atom stereocenters. The predicted molar refractivity (Wildman–Crippen MR) is 131 cm³/mol. The summed E-state index contributed by atoms with van der Waals surface area (Å²) in [6.45, 7) is 0.758. The maximum atomic E-state index is 15.0. The maximum absolute atomic E-state index is 15.0. The van der Waals surface area contributed by atoms with Crippen LogP contribution < -0.4 is 20.9 Å². The first-order valence-corrected chi connectivity index (χ1v) is 13.0. The molecule has 3 amide bonds. The van der Waals surface area contributed by atoms with E-state index in [1.807, 2.05) is 0 Å². The van der Waals surface area contributed by atoms with Gasteiger partial charge in [0.1, 0.15) is 16.8 Å². The van der Waals surface area contributed by atoms with E-state index < -0.39 is 40.7 Å². The number of carbonyl (C=O) groups is 3. The summed E-state index contributed by atoms with van der Waals surface area (Å²) in [5, 5.41) is 2.00. The van der Waals surface area contributed by atoms with Crippen molar-refractivity contribution in [1.29, 1.82) is 0 Å². The van der Waals surface area contributed by atoms with Gasteiger partial charge in [-0.3, -0.25) is 14.5 Å². The molecule has 10 nitrogen and oxygen atoms in total. The van der Waals surface area contributed by atoms with E-state index in [2.05, 4.69) is 10.3 Å². The largest absolute Gasteiger partial charge is 0.442 e. The van der Waals surface area contributed by atoms with Crippen LogP contribution in [0.2, 0.25) is 0 Å². The Kier molecular flexibility index (Phi) is 7.68. The van der Waals surface area contributed by atoms with Crippen molar-refractivity contribution in [2.75, 3.05) is 61.1 Å². The molecule has 2 saturated heterocycles. The topological polar surface area (TPSA) is 121 Å². The van der Waals surface area contributed by atoms with Gasteiger partial charge in [-0.05, 0) is 24.5 Å². The highest BCUT2D eigenvalue weighted by Crippen LogP contribution is 2.36. The van der Waals surface area contributed by atoms with E-state index in [1.54, 1.807) is 17.2 Å². The van der Waals surface area contributed by atoms with Gasteiger partial charge in [-0.25, -0.2) is 14.2 Å². The number of nitrogens with one attached hydrogen (secondary N) is 1. The second-order valence-electron chi connectivity index (χ2n) is 8.13. The van der Waals surface area contributed by atoms with Crippen molar-refractivity contribution >= 4 is 56.8 Å². The van der Waals surface area contributed by atoms with Gasteiger partial charge in [-0.2, -0.15) is 13.2 Å². The fourth-order valence-electron chi connectivity index (χ4n) is 4.00. The lowest BCUT2D eigenvalue weighted by Gasteiger charge is -2.36. The van der Waals surface area contributed by atoms with E-state index in [4.69, 9.17) is 10.5 Å². The fraction of sp³-hybridized carbons (Fsp3) is 0.429. The lowest BCUT2D eigenvalue weighted by molar-refractivity contribution is -0.141. The van der Waals surface area contributed by atoms with Crippen molar-refractivity contribution in [3.8, 4) is 0 Å². The minimum Gasteiger partial charge on any atom is -0.442 e. The van der Waals surface area contributed by atoms with Gasteiger partial charge < -0.3 is 25.6 Å². The van der Waals surface area contributed by atoms with Gasteiger partial charge in [-0.15, -0.1) is 0 Å². The molecule has 0 spiro atoms. The summed E-state index contributed by atoms with van der Waals surface area (Å²) in [5.74, 6) is -1.44. The van der Waals surface area contributed by atoms with Gasteiger partial charge in [-0.1, -0.05) is 23.1 Å². The number of nitrogen functional groups attached to an aromatic ring is 1. The molecule has 0 aliphatic carbocycles. The Morgan fingerprint density at radius 2 is 1.97 bits per heavy atom. The molecule has 2 aromatic rings. The molecular formula is C21H22F4N6O4S2. The van der Waals surface area contributed by atoms with Crippen LogP contribution in [0.1, 0.15) is 15.4 Å². The second-order valence-corrected chi connectivity index (χ2v) is 9.94. The van der Waals surface area contributed by atoms with E-state index in [0.717, 1.165) is 11.8 Å². The number of carbonyl (C=O) groups excluding carboxylic acids is 3. The summed E-state index contributed by atoms with van der Waals surface area (Å²) in [5.41, 5.74) is 4.60. The summed E-state index contributed by atoms with van der Waals surface area (Å²) in [6.07, 6.45) is -4.44. The van der Waals surface area contributed by atoms with Crippen LogP contribution in [0.15, 0.2) is 18.2 Å². The minimum absolute atomic E-state index is 0.0665. The first-order valence-electron chi connectivity index (χ1n) is 10.9. The zero-order valence-corrected chi connectivity index (χ0v) is 21.0. The Morgan fingerprint density at radius 1 is 1.27 bits per heavy atom. The van der Waals surface area contributed by atoms with Crippen LogP contribution in [0.4, 0.5) is 43.7 Å². The number of piperazine rings is 1. The number of alkyl halides is 3. The van der Waals surface area contributed by atoms with Gasteiger partial charge in [0.05, 0.1) is 24.5 Å². The van der Waals surface area contributed by atoms with Gasteiger partial charge in [0.25, 0.3) is 11.1 Å². The average molecular weight is 563 g/mol. The smallest absolute Gasteiger partial charge is 0.435 e. The molecule has 1 aromatic carbocycles. The van der Waals surface area contributed by atoms with Crippen molar-refractivity contribution in [3.63, 3.8) is 0 Å². The summed E-state index contributed by atoms with van der Waals surface area (Å²) in [4.78, 5) is 43.2. The highest BCUT2D eigenvalue weighted by molar-refractivity contribution is 8.12. The molecule has 4 rings (SSSR count). The van der Waals surface area contributed by atoms with E-state index in [-0.39, 0.29) is 61.0 Å². The number of cyclic esters (lactones) is 1. The van der Waals surface area contributed by atoms with Crippen LogP contribution in [0.3, 0.4) is 0 Å². The quantitative estimate of drug-likeness (QED) is 0.533. The monoisotopic (exact) mass is 562 g/mol. The number of ether oxygens (including phenoxy) is 1. The summed E-state index contributed by atoms with van der Waals surface area (Å²) in [7, 11) is 0. The van der Waals surface area contributed by atoms with Crippen LogP contribution >= 0.6 is 23.1 Å². The predicted octanol–water partition coefficient (Wildman–Crippen LogP) is 3.24. The first-order chi connectivity index (χ1) is 17.5. The molecule has 37 heavy (non-hydrogen) atoms. The van der Waals surface area contributed by atoms with Crippen LogP contribution in [0.25, 0.3) is 0 Å². The molecule has 2 aliphatic heterocycles. The number of thioether (sulfide) groups is 1. The van der Waals surface area contributed by atoms with Crippen molar-refractivity contribution in [3.05, 3.63) is 34.6 Å². The van der Waals surface area contributed by atoms with E-state index >= 15 is 4.39 Å². The average Bonchev–Trinajstić information content (AvgIpc) is 3.44. The number of aromatic nitrogens is 1. The Bertz CT molecular complexity index is 1200. The highest BCUT2D eigenvalue weighted by Gasteiger charge is 2.41. The number of hydrogen-bond acceptors (Lipinski definition) is 9. The molecule has 2 fully saturated rings. The van der Waals surface area contributed by atoms with Crippen molar-refractivity contribution in [2.24, 2.45) is 0 Å². The molecule has 1 aromatic heterocycles. The number of nitrogens with zero attached hydrogens (tertiary/aromatic N) is 4. The summed E-state index contributed by atoms with van der Waals surface area (Å²) < 4.78 is 59.9.